The number of carbonyl (C=O) groups excluding carboxylic acids is 3. The molecule has 1 fully saturated rings. The highest BCUT2D eigenvalue weighted by molar-refractivity contribution is 9.10. The van der Waals surface area contributed by atoms with E-state index in [1.54, 1.807) is 24.3 Å². The second-order valence-corrected chi connectivity index (χ2v) is 7.88. The van der Waals surface area contributed by atoms with Crippen LogP contribution in [0.4, 0.5) is 4.79 Å². The van der Waals surface area contributed by atoms with Crippen molar-refractivity contribution < 1.29 is 23.9 Å². The molecule has 0 spiro atoms. The number of rotatable bonds is 6. The quantitative estimate of drug-likeness (QED) is 0.351. The minimum absolute atomic E-state index is 0.0155. The second kappa shape index (κ2) is 9.51. The van der Waals surface area contributed by atoms with Crippen molar-refractivity contribution in [2.45, 2.75) is 6.61 Å². The minimum Gasteiger partial charge on any atom is -0.486 e. The minimum atomic E-state index is -0.704. The van der Waals surface area contributed by atoms with E-state index in [1.807, 2.05) is 12.1 Å². The molecule has 1 aliphatic heterocycles. The molecule has 2 aromatic rings. The molecule has 0 unspecified atom stereocenters. The molecule has 1 heterocycles. The number of hydrogen-bond acceptors (Lipinski definition) is 5. The number of amides is 3. The monoisotopic (exact) mass is 512 g/mol. The highest BCUT2D eigenvalue weighted by Crippen LogP contribution is 2.36. The SMILES string of the molecule is COC(=O)CN1C(=O)N/C(=C/c2cc(Cl)c(OCc3ccc(Cl)cc3)c(Br)c2)C1=O. The Labute approximate surface area is 190 Å². The van der Waals surface area contributed by atoms with Crippen LogP contribution < -0.4 is 10.1 Å². The number of hydrogen-bond donors (Lipinski definition) is 1. The Morgan fingerprint density at radius 3 is 2.53 bits per heavy atom. The van der Waals surface area contributed by atoms with Crippen LogP contribution in [0.15, 0.2) is 46.6 Å². The van der Waals surface area contributed by atoms with Gasteiger partial charge in [-0.25, -0.2) is 9.69 Å². The van der Waals surface area contributed by atoms with E-state index in [0.717, 1.165) is 10.5 Å². The largest absolute Gasteiger partial charge is 0.486 e. The summed E-state index contributed by atoms with van der Waals surface area (Å²) in [5.74, 6) is -0.906. The third-order valence-corrected chi connectivity index (χ3v) is 5.23. The number of benzene rings is 2. The van der Waals surface area contributed by atoms with Crippen LogP contribution in [0.5, 0.6) is 5.75 Å². The number of urea groups is 1. The van der Waals surface area contributed by atoms with Crippen molar-refractivity contribution in [1.82, 2.24) is 10.2 Å². The van der Waals surface area contributed by atoms with Gasteiger partial charge in [-0.15, -0.1) is 0 Å². The summed E-state index contributed by atoms with van der Waals surface area (Å²) in [4.78, 5) is 36.5. The third kappa shape index (κ3) is 5.13. The van der Waals surface area contributed by atoms with Gasteiger partial charge in [0.05, 0.1) is 16.6 Å². The van der Waals surface area contributed by atoms with Crippen LogP contribution in [0, 0.1) is 0 Å². The lowest BCUT2D eigenvalue weighted by atomic mass is 10.1. The molecule has 0 atom stereocenters. The maximum absolute atomic E-state index is 12.4. The first kappa shape index (κ1) is 22.1. The first-order valence-corrected chi connectivity index (χ1v) is 10.1. The van der Waals surface area contributed by atoms with Gasteiger partial charge in [-0.3, -0.25) is 9.59 Å². The summed E-state index contributed by atoms with van der Waals surface area (Å²) in [5.41, 5.74) is 1.48. The van der Waals surface area contributed by atoms with Crippen LogP contribution in [0.2, 0.25) is 10.0 Å². The number of esters is 1. The van der Waals surface area contributed by atoms with Gasteiger partial charge in [0.2, 0.25) is 0 Å². The molecule has 0 bridgehead atoms. The zero-order valence-corrected chi connectivity index (χ0v) is 18.7. The molecule has 1 aliphatic rings. The molecule has 7 nitrogen and oxygen atoms in total. The molecule has 30 heavy (non-hydrogen) atoms. The summed E-state index contributed by atoms with van der Waals surface area (Å²) in [6, 6.07) is 9.81. The molecule has 3 rings (SSSR count). The molecule has 2 aromatic carbocycles. The van der Waals surface area contributed by atoms with Crippen molar-refractivity contribution >= 4 is 63.1 Å². The molecule has 0 aromatic heterocycles. The Morgan fingerprint density at radius 2 is 1.90 bits per heavy atom. The van der Waals surface area contributed by atoms with Gasteiger partial charge < -0.3 is 14.8 Å². The van der Waals surface area contributed by atoms with Gasteiger partial charge in [0, 0.05) is 5.02 Å². The molecule has 0 aliphatic carbocycles. The molecular weight excluding hydrogens is 499 g/mol. The van der Waals surface area contributed by atoms with Crippen LogP contribution in [-0.2, 0) is 20.9 Å². The van der Waals surface area contributed by atoms with Gasteiger partial charge in [0.15, 0.2) is 5.75 Å². The van der Waals surface area contributed by atoms with Gasteiger partial charge in [-0.05, 0) is 57.4 Å². The lowest BCUT2D eigenvalue weighted by molar-refractivity contribution is -0.143. The summed E-state index contributed by atoms with van der Waals surface area (Å²) in [6.45, 7) is -0.187. The van der Waals surface area contributed by atoms with Gasteiger partial charge in [0.1, 0.15) is 18.8 Å². The van der Waals surface area contributed by atoms with Gasteiger partial charge in [-0.1, -0.05) is 35.3 Å². The van der Waals surface area contributed by atoms with Gasteiger partial charge in [-0.2, -0.15) is 0 Å². The van der Waals surface area contributed by atoms with E-state index in [0.29, 0.717) is 25.8 Å². The van der Waals surface area contributed by atoms with E-state index < -0.39 is 24.5 Å². The van der Waals surface area contributed by atoms with Crippen LogP contribution in [0.3, 0.4) is 0 Å². The van der Waals surface area contributed by atoms with E-state index >= 15 is 0 Å². The van der Waals surface area contributed by atoms with E-state index in [9.17, 15) is 14.4 Å². The Morgan fingerprint density at radius 1 is 1.20 bits per heavy atom. The Bertz CT molecular complexity index is 1020. The number of imide groups is 1. The van der Waals surface area contributed by atoms with Gasteiger partial charge in [0.25, 0.3) is 5.91 Å². The molecule has 0 saturated carbocycles. The van der Waals surface area contributed by atoms with Crippen LogP contribution >= 0.6 is 39.1 Å². The van der Waals surface area contributed by atoms with Crippen LogP contribution in [0.1, 0.15) is 11.1 Å². The van der Waals surface area contributed by atoms with Crippen molar-refractivity contribution in [3.63, 3.8) is 0 Å². The topological polar surface area (TPSA) is 84.9 Å². The predicted molar refractivity (Wildman–Crippen MR) is 115 cm³/mol. The summed E-state index contributed by atoms with van der Waals surface area (Å²) < 4.78 is 10.9. The van der Waals surface area contributed by atoms with Crippen LogP contribution in [0.25, 0.3) is 6.08 Å². The van der Waals surface area contributed by atoms with Gasteiger partial charge >= 0.3 is 12.0 Å². The number of carbonyl (C=O) groups is 3. The van der Waals surface area contributed by atoms with E-state index in [-0.39, 0.29) is 12.3 Å². The summed E-state index contributed by atoms with van der Waals surface area (Å²) in [7, 11) is 1.17. The van der Waals surface area contributed by atoms with Crippen molar-refractivity contribution in [2.75, 3.05) is 13.7 Å². The molecule has 1 N–H and O–H groups in total. The summed E-state index contributed by atoms with van der Waals surface area (Å²) >= 11 is 15.6. The van der Waals surface area contributed by atoms with E-state index in [2.05, 4.69) is 26.0 Å². The fraction of sp³-hybridized carbons (Fsp3) is 0.150. The third-order valence-electron chi connectivity index (χ3n) is 4.11. The summed E-state index contributed by atoms with van der Waals surface area (Å²) in [5, 5.41) is 3.37. The second-order valence-electron chi connectivity index (χ2n) is 6.18. The smallest absolute Gasteiger partial charge is 0.329 e. The number of ether oxygens (including phenoxy) is 2. The zero-order chi connectivity index (χ0) is 21.8. The number of nitrogens with zero attached hydrogens (tertiary/aromatic N) is 1. The highest BCUT2D eigenvalue weighted by Gasteiger charge is 2.35. The molecule has 1 saturated heterocycles. The maximum Gasteiger partial charge on any atom is 0.329 e. The zero-order valence-electron chi connectivity index (χ0n) is 15.6. The lowest BCUT2D eigenvalue weighted by Crippen LogP contribution is -2.36. The number of methoxy groups -OCH3 is 1. The van der Waals surface area contributed by atoms with E-state index in [4.69, 9.17) is 27.9 Å². The standard InChI is InChI=1S/C20H15BrCl2N2O5/c1-29-17(26)9-25-19(27)16(24-20(25)28)8-12-6-14(21)18(15(23)7-12)30-10-11-2-4-13(22)5-3-11/h2-8H,9-10H2,1H3,(H,24,28)/b16-8+. The first-order valence-electron chi connectivity index (χ1n) is 8.56. The maximum atomic E-state index is 12.4. The average Bonchev–Trinajstić information content (AvgIpc) is 2.96. The average molecular weight is 514 g/mol. The fourth-order valence-electron chi connectivity index (χ4n) is 2.61. The molecular formula is C20H15BrCl2N2O5. The normalized spacial score (nSPS) is 14.8. The molecule has 0 radical (unpaired) electrons. The summed E-state index contributed by atoms with van der Waals surface area (Å²) in [6.07, 6.45) is 1.46. The number of nitrogens with one attached hydrogen (secondary N) is 1. The fourth-order valence-corrected chi connectivity index (χ4v) is 3.73. The molecule has 10 heteroatoms. The van der Waals surface area contributed by atoms with Crippen molar-refractivity contribution in [1.29, 1.82) is 0 Å². The number of halogens is 3. The molecule has 156 valence electrons. The molecule has 3 amide bonds. The van der Waals surface area contributed by atoms with E-state index in [1.165, 1.54) is 13.2 Å². The van der Waals surface area contributed by atoms with Crippen molar-refractivity contribution in [3.05, 3.63) is 67.7 Å². The predicted octanol–water partition coefficient (Wildman–Crippen LogP) is 4.40. The van der Waals surface area contributed by atoms with Crippen molar-refractivity contribution in [2.24, 2.45) is 0 Å². The lowest BCUT2D eigenvalue weighted by Gasteiger charge is -2.11. The van der Waals surface area contributed by atoms with Crippen molar-refractivity contribution in [3.8, 4) is 5.75 Å². The Balaban J connectivity index is 1.76. The Kier molecular flexibility index (Phi) is 7.02. The Hall–Kier alpha value is -2.55. The van der Waals surface area contributed by atoms with Crippen LogP contribution in [-0.4, -0.2) is 36.5 Å². The first-order chi connectivity index (χ1) is 14.3. The highest BCUT2D eigenvalue weighted by atomic mass is 79.9.